The first-order valence-electron chi connectivity index (χ1n) is 8.20. The number of alkyl halides is 17. The van der Waals surface area contributed by atoms with Crippen LogP contribution >= 0.6 is 27.5 Å². The van der Waals surface area contributed by atoms with Crippen LogP contribution in [0.3, 0.4) is 0 Å². The van der Waals surface area contributed by atoms with Gasteiger partial charge in [0.05, 0.1) is 0 Å². The van der Waals surface area contributed by atoms with Gasteiger partial charge in [-0.3, -0.25) is 4.79 Å². The summed E-state index contributed by atoms with van der Waals surface area (Å²) in [5.74, 6) is -58.8. The number of carbonyl (C=O) groups is 1. The molecule has 0 saturated carbocycles. The van der Waals surface area contributed by atoms with Gasteiger partial charge in [-0.1, -0.05) is 11.6 Å². The average molecular weight is 652 g/mol. The predicted molar refractivity (Wildman–Crippen MR) is 88.8 cm³/mol. The Morgan fingerprint density at radius 2 is 0.972 bits per heavy atom. The lowest BCUT2D eigenvalue weighted by atomic mass is 9.87. The Bertz CT molecular complexity index is 1030. The molecule has 1 rings (SSSR count). The number of rotatable bonds is 8. The number of benzene rings is 1. The summed E-state index contributed by atoms with van der Waals surface area (Å²) in [7, 11) is 0. The Labute approximate surface area is 200 Å². The summed E-state index contributed by atoms with van der Waals surface area (Å²) in [6.45, 7) is 0.558. The second-order valence-corrected chi connectivity index (χ2v) is 8.12. The lowest BCUT2D eigenvalue weighted by molar-refractivity contribution is -0.462. The van der Waals surface area contributed by atoms with Crippen molar-refractivity contribution in [2.75, 3.05) is 0 Å². The topological polar surface area (TPSA) is 17.1 Å². The molecule has 0 N–H and O–H groups in total. The predicted octanol–water partition coefficient (Wildman–Crippen LogP) is 8.77. The van der Waals surface area contributed by atoms with E-state index in [2.05, 4.69) is 15.9 Å². The van der Waals surface area contributed by atoms with Crippen molar-refractivity contribution >= 4 is 33.3 Å². The fourth-order valence-corrected chi connectivity index (χ4v) is 3.38. The lowest BCUT2D eigenvalue weighted by Gasteiger charge is -2.43. The molecule has 0 bridgehead atoms. The molecule has 208 valence electrons. The van der Waals surface area contributed by atoms with E-state index in [9.17, 15) is 79.4 Å². The Kier molecular flexibility index (Phi) is 7.91. The minimum atomic E-state index is -8.72. The van der Waals surface area contributed by atoms with Gasteiger partial charge in [0.25, 0.3) is 0 Å². The first-order chi connectivity index (χ1) is 15.5. The van der Waals surface area contributed by atoms with Crippen LogP contribution in [0.15, 0.2) is 16.6 Å². The Morgan fingerprint density at radius 1 is 0.639 bits per heavy atom. The van der Waals surface area contributed by atoms with Crippen LogP contribution in [0, 0.1) is 0 Å². The molecule has 0 radical (unpaired) electrons. The maximum absolute atomic E-state index is 14.4. The molecule has 0 heterocycles. The number of ketones is 1. The zero-order chi connectivity index (χ0) is 29.3. The third kappa shape index (κ3) is 4.20. The Hall–Kier alpha value is -1.53. The van der Waals surface area contributed by atoms with E-state index in [1.54, 1.807) is 0 Å². The van der Waals surface area contributed by atoms with Gasteiger partial charge >= 0.3 is 47.6 Å². The van der Waals surface area contributed by atoms with Crippen molar-refractivity contribution in [3.05, 3.63) is 32.8 Å². The summed E-state index contributed by atoms with van der Waals surface area (Å²) in [6.07, 6.45) is -7.83. The highest BCUT2D eigenvalue weighted by molar-refractivity contribution is 9.10. The van der Waals surface area contributed by atoms with Gasteiger partial charge in [-0.15, -0.1) is 0 Å². The minimum absolute atomic E-state index is 0.370. The third-order valence-electron chi connectivity index (χ3n) is 4.48. The molecule has 0 atom stereocenters. The average Bonchev–Trinajstić information content (AvgIpc) is 2.67. The van der Waals surface area contributed by atoms with Gasteiger partial charge in [-0.2, -0.15) is 74.6 Å². The van der Waals surface area contributed by atoms with Crippen LogP contribution in [0.2, 0.25) is 5.02 Å². The summed E-state index contributed by atoms with van der Waals surface area (Å²) in [6, 6.07) is 0.0805. The highest BCUT2D eigenvalue weighted by Crippen LogP contribution is 2.65. The molecule has 0 aliphatic heterocycles. The van der Waals surface area contributed by atoms with Crippen molar-refractivity contribution < 1.29 is 79.4 Å². The number of hydrogen-bond donors (Lipinski definition) is 0. The van der Waals surface area contributed by atoms with Crippen LogP contribution in [0.5, 0.6) is 0 Å². The second-order valence-electron chi connectivity index (χ2n) is 6.89. The van der Waals surface area contributed by atoms with Gasteiger partial charge < -0.3 is 0 Å². The van der Waals surface area contributed by atoms with Gasteiger partial charge in [0, 0.05) is 20.6 Å². The van der Waals surface area contributed by atoms with Gasteiger partial charge in [0.1, 0.15) is 0 Å². The van der Waals surface area contributed by atoms with Crippen LogP contribution in [0.1, 0.15) is 22.8 Å². The maximum Gasteiger partial charge on any atom is 0.460 e. The molecule has 1 aromatic carbocycles. The summed E-state index contributed by atoms with van der Waals surface area (Å²) < 4.78 is 226. The molecule has 1 aromatic rings. The zero-order valence-corrected chi connectivity index (χ0v) is 18.6. The monoisotopic (exact) mass is 650 g/mol. The molecule has 1 nitrogen and oxygen atoms in total. The number of Topliss-reactive ketones (excluding diaryl/α,β-unsaturated/α-hetero) is 1. The molecule has 0 aromatic heterocycles. The summed E-state index contributed by atoms with van der Waals surface area (Å²) in [5, 5.41) is -1.13. The van der Waals surface area contributed by atoms with Gasteiger partial charge in [0.2, 0.25) is 0 Å². The summed E-state index contributed by atoms with van der Waals surface area (Å²) in [5.41, 5.74) is -3.67. The van der Waals surface area contributed by atoms with Crippen LogP contribution in [-0.2, 0) is 5.92 Å². The Balaban J connectivity index is 3.89. The van der Waals surface area contributed by atoms with Gasteiger partial charge in [-0.05, 0) is 35.0 Å². The molecular formula is C16H5BrClF17O. The standard InChI is InChI=1S/C16H5BrClF17O/c1-4(36)6-2-5(18)3-7(8(6)17)9(19,20)10(21,22)11(23,24)12(25,26)13(27,28)14(29,30)15(31,32)16(33,34)35/h2-3H,1H3. The van der Waals surface area contributed by atoms with Crippen LogP contribution in [0.4, 0.5) is 74.6 Å². The zero-order valence-electron chi connectivity index (χ0n) is 16.2. The molecule has 0 unspecified atom stereocenters. The highest BCUT2D eigenvalue weighted by Gasteiger charge is 2.95. The third-order valence-corrected chi connectivity index (χ3v) is 5.55. The van der Waals surface area contributed by atoms with Crippen LogP contribution < -0.4 is 0 Å². The lowest BCUT2D eigenvalue weighted by Crippen LogP contribution is -2.74. The van der Waals surface area contributed by atoms with E-state index >= 15 is 0 Å². The molecular weight excluding hydrogens is 646 g/mol. The number of halogens is 19. The first-order valence-corrected chi connectivity index (χ1v) is 9.37. The van der Waals surface area contributed by atoms with E-state index in [1.165, 1.54) is 0 Å². The van der Waals surface area contributed by atoms with E-state index < -0.39 is 74.0 Å². The van der Waals surface area contributed by atoms with Gasteiger partial charge in [-0.25, -0.2) is 0 Å². The largest absolute Gasteiger partial charge is 0.460 e. The normalized spacial score (nSPS) is 15.3. The van der Waals surface area contributed by atoms with Crippen molar-refractivity contribution in [2.45, 2.75) is 54.6 Å². The fourth-order valence-electron chi connectivity index (χ4n) is 2.41. The molecule has 0 aliphatic rings. The van der Waals surface area contributed by atoms with Crippen molar-refractivity contribution in [1.29, 1.82) is 0 Å². The van der Waals surface area contributed by atoms with E-state index in [4.69, 9.17) is 11.6 Å². The summed E-state index contributed by atoms with van der Waals surface area (Å²) >= 11 is 7.32. The van der Waals surface area contributed by atoms with Crippen LogP contribution in [-0.4, -0.2) is 47.5 Å². The van der Waals surface area contributed by atoms with Gasteiger partial charge in [0.15, 0.2) is 5.78 Å². The Morgan fingerprint density at radius 3 is 1.31 bits per heavy atom. The van der Waals surface area contributed by atoms with E-state index in [-0.39, 0.29) is 6.07 Å². The quantitative estimate of drug-likeness (QED) is 0.203. The molecule has 36 heavy (non-hydrogen) atoms. The van der Waals surface area contributed by atoms with Crippen molar-refractivity contribution in [3.8, 4) is 0 Å². The van der Waals surface area contributed by atoms with E-state index in [0.29, 0.717) is 13.0 Å². The highest BCUT2D eigenvalue weighted by atomic mass is 79.9. The van der Waals surface area contributed by atoms with E-state index in [0.717, 1.165) is 0 Å². The minimum Gasteiger partial charge on any atom is -0.294 e. The SMILES string of the molecule is CC(=O)c1cc(Cl)cc(C(F)(F)C(F)(F)C(F)(F)C(F)(F)C(F)(F)C(F)(F)C(F)(F)C(F)(F)F)c1Br. The number of hydrogen-bond acceptors (Lipinski definition) is 1. The molecule has 0 aliphatic carbocycles. The smallest absolute Gasteiger partial charge is 0.294 e. The number of carbonyl (C=O) groups excluding carboxylic acids is 1. The fraction of sp³-hybridized carbons (Fsp3) is 0.562. The van der Waals surface area contributed by atoms with Crippen molar-refractivity contribution in [1.82, 2.24) is 0 Å². The molecule has 20 heteroatoms. The maximum atomic E-state index is 14.4. The first kappa shape index (κ1) is 32.5. The van der Waals surface area contributed by atoms with Crippen molar-refractivity contribution in [2.24, 2.45) is 0 Å². The molecule has 0 amide bonds. The van der Waals surface area contributed by atoms with Crippen molar-refractivity contribution in [3.63, 3.8) is 0 Å². The second kappa shape index (κ2) is 8.76. The van der Waals surface area contributed by atoms with Crippen LogP contribution in [0.25, 0.3) is 0 Å². The van der Waals surface area contributed by atoms with E-state index in [1.807, 2.05) is 0 Å². The summed E-state index contributed by atoms with van der Waals surface area (Å²) in [4.78, 5) is 11.4. The molecule has 0 fully saturated rings. The molecule has 0 saturated heterocycles. The molecule has 0 spiro atoms.